The van der Waals surface area contributed by atoms with Crippen LogP contribution in [0.4, 0.5) is 46.4 Å². The summed E-state index contributed by atoms with van der Waals surface area (Å²) in [4.78, 5) is 8.55. The minimum Gasteiger partial charge on any atom is -0.399 e. The normalized spacial score (nSPS) is 11.4. The zero-order chi connectivity index (χ0) is 22.9. The van der Waals surface area contributed by atoms with Gasteiger partial charge in [-0.3, -0.25) is 4.68 Å². The lowest BCUT2D eigenvalue weighted by Crippen LogP contribution is -2.06. The molecule has 0 unspecified atom stereocenters. The van der Waals surface area contributed by atoms with Crippen molar-refractivity contribution in [2.45, 2.75) is 6.18 Å². The Morgan fingerprint density at radius 3 is 2.56 bits per heavy atom. The Morgan fingerprint density at radius 2 is 1.84 bits per heavy atom. The fourth-order valence-corrected chi connectivity index (χ4v) is 2.99. The van der Waals surface area contributed by atoms with Crippen LogP contribution in [0.25, 0.3) is 11.1 Å². The molecule has 2 heterocycles. The Balaban J connectivity index is 1.79. The first-order chi connectivity index (χ1) is 15.2. The van der Waals surface area contributed by atoms with E-state index in [1.54, 1.807) is 24.1 Å². The summed E-state index contributed by atoms with van der Waals surface area (Å²) in [5.74, 6) is -0.370. The van der Waals surface area contributed by atoms with Crippen molar-refractivity contribution in [2.24, 2.45) is 7.05 Å². The van der Waals surface area contributed by atoms with Gasteiger partial charge in [-0.1, -0.05) is 12.1 Å². The number of aryl methyl sites for hydroxylation is 1. The Labute approximate surface area is 179 Å². The lowest BCUT2D eigenvalue weighted by Gasteiger charge is -2.15. The highest BCUT2D eigenvalue weighted by molar-refractivity contribution is 5.79. The van der Waals surface area contributed by atoms with Crippen LogP contribution in [0.5, 0.6) is 0 Å². The molecule has 32 heavy (non-hydrogen) atoms. The number of halogens is 4. The Bertz CT molecular complexity index is 1270. The average Bonchev–Trinajstić information content (AvgIpc) is 3.15. The smallest absolute Gasteiger partial charge is 0.399 e. The lowest BCUT2D eigenvalue weighted by molar-refractivity contribution is -0.137. The molecule has 0 spiro atoms. The highest BCUT2D eigenvalue weighted by atomic mass is 19.4. The number of hydrogen-bond donors (Lipinski definition) is 3. The van der Waals surface area contributed by atoms with Gasteiger partial charge in [0.2, 0.25) is 5.95 Å². The van der Waals surface area contributed by atoms with Crippen LogP contribution in [0.15, 0.2) is 61.1 Å². The second-order valence-electron chi connectivity index (χ2n) is 6.93. The van der Waals surface area contributed by atoms with Crippen LogP contribution in [0, 0.1) is 5.82 Å². The molecular formula is C21H17F4N7. The summed E-state index contributed by atoms with van der Waals surface area (Å²) in [5, 5.41) is 9.80. The zero-order valence-corrected chi connectivity index (χ0v) is 16.7. The monoisotopic (exact) mass is 443 g/mol. The van der Waals surface area contributed by atoms with Crippen molar-refractivity contribution in [3.8, 4) is 11.1 Å². The van der Waals surface area contributed by atoms with Crippen LogP contribution in [0.3, 0.4) is 0 Å². The molecular weight excluding hydrogens is 426 g/mol. The SMILES string of the molecule is Cn1cc(Nc2ncc(-c3cccc(C(F)(F)F)c3)c(Nc3cc(N)ccc3F)n2)cn1. The van der Waals surface area contributed by atoms with Gasteiger partial charge in [0, 0.05) is 30.7 Å². The van der Waals surface area contributed by atoms with Gasteiger partial charge in [-0.05, 0) is 35.9 Å². The van der Waals surface area contributed by atoms with Crippen molar-refractivity contribution in [3.63, 3.8) is 0 Å². The summed E-state index contributed by atoms with van der Waals surface area (Å²) < 4.78 is 55.5. The van der Waals surface area contributed by atoms with Gasteiger partial charge in [0.05, 0.1) is 23.1 Å². The van der Waals surface area contributed by atoms with Gasteiger partial charge >= 0.3 is 6.18 Å². The molecule has 0 aliphatic heterocycles. The maximum atomic E-state index is 14.3. The second kappa shape index (κ2) is 8.17. The van der Waals surface area contributed by atoms with Gasteiger partial charge in [-0.15, -0.1) is 0 Å². The minimum atomic E-state index is -4.52. The van der Waals surface area contributed by atoms with Crippen LogP contribution < -0.4 is 16.4 Å². The molecule has 0 amide bonds. The molecule has 7 nitrogen and oxygen atoms in total. The molecule has 0 saturated heterocycles. The van der Waals surface area contributed by atoms with Crippen LogP contribution in [0.2, 0.25) is 0 Å². The van der Waals surface area contributed by atoms with Crippen LogP contribution >= 0.6 is 0 Å². The first-order valence-electron chi connectivity index (χ1n) is 9.31. The Kier molecular flexibility index (Phi) is 5.39. The lowest BCUT2D eigenvalue weighted by atomic mass is 10.0. The van der Waals surface area contributed by atoms with Crippen LogP contribution in [-0.2, 0) is 13.2 Å². The molecule has 0 radical (unpaired) electrons. The van der Waals surface area contributed by atoms with Crippen molar-refractivity contribution >= 4 is 28.8 Å². The number of rotatable bonds is 5. The van der Waals surface area contributed by atoms with Gasteiger partial charge in [0.15, 0.2) is 0 Å². The Morgan fingerprint density at radius 1 is 1.03 bits per heavy atom. The first kappa shape index (κ1) is 21.1. The standard InChI is InChI=1S/C21H17F4N7/c1-32-11-15(9-28-32)29-20-27-10-16(12-3-2-4-13(7-12)21(23,24)25)19(31-20)30-18-8-14(26)5-6-17(18)22/h2-11H,26H2,1H3,(H2,27,29,30,31). The molecule has 0 saturated carbocycles. The summed E-state index contributed by atoms with van der Waals surface area (Å²) in [5.41, 5.74) is 6.29. The number of hydrogen-bond acceptors (Lipinski definition) is 6. The number of nitrogen functional groups attached to an aromatic ring is 1. The van der Waals surface area contributed by atoms with Crippen molar-refractivity contribution in [2.75, 3.05) is 16.4 Å². The van der Waals surface area contributed by atoms with Gasteiger partial charge < -0.3 is 16.4 Å². The fourth-order valence-electron chi connectivity index (χ4n) is 2.99. The average molecular weight is 443 g/mol. The van der Waals surface area contributed by atoms with Gasteiger partial charge in [0.25, 0.3) is 0 Å². The molecule has 4 rings (SSSR count). The molecule has 164 valence electrons. The van der Waals surface area contributed by atoms with Crippen molar-refractivity contribution < 1.29 is 17.6 Å². The largest absolute Gasteiger partial charge is 0.416 e. The van der Waals surface area contributed by atoms with Crippen LogP contribution in [-0.4, -0.2) is 19.7 Å². The molecule has 0 fully saturated rings. The molecule has 4 aromatic rings. The highest BCUT2D eigenvalue weighted by Gasteiger charge is 2.30. The third kappa shape index (κ3) is 4.61. The maximum absolute atomic E-state index is 14.3. The van der Waals surface area contributed by atoms with Crippen molar-refractivity contribution in [1.82, 2.24) is 19.7 Å². The molecule has 2 aromatic heterocycles. The predicted molar refractivity (Wildman–Crippen MR) is 113 cm³/mol. The van der Waals surface area contributed by atoms with Crippen molar-refractivity contribution in [3.05, 3.63) is 72.4 Å². The van der Waals surface area contributed by atoms with Gasteiger partial charge in [-0.2, -0.15) is 23.3 Å². The molecule has 11 heteroatoms. The van der Waals surface area contributed by atoms with E-state index in [4.69, 9.17) is 5.73 Å². The number of benzene rings is 2. The van der Waals surface area contributed by atoms with E-state index in [-0.39, 0.29) is 28.6 Å². The predicted octanol–water partition coefficient (Wildman–Crippen LogP) is 5.10. The molecule has 0 aliphatic rings. The topological polar surface area (TPSA) is 93.7 Å². The second-order valence-corrected chi connectivity index (χ2v) is 6.93. The van der Waals surface area contributed by atoms with E-state index >= 15 is 0 Å². The van der Waals surface area contributed by atoms with E-state index in [1.165, 1.54) is 36.5 Å². The molecule has 0 bridgehead atoms. The summed E-state index contributed by atoms with van der Waals surface area (Å²) >= 11 is 0. The quantitative estimate of drug-likeness (QED) is 0.293. The van der Waals surface area contributed by atoms with E-state index in [2.05, 4.69) is 25.7 Å². The minimum absolute atomic E-state index is 0.0178. The van der Waals surface area contributed by atoms with E-state index in [0.29, 0.717) is 11.4 Å². The third-order valence-electron chi connectivity index (χ3n) is 4.49. The molecule has 4 N–H and O–H groups in total. The molecule has 0 atom stereocenters. The number of nitrogens with zero attached hydrogens (tertiary/aromatic N) is 4. The number of anilines is 5. The summed E-state index contributed by atoms with van der Waals surface area (Å²) in [6.45, 7) is 0. The first-order valence-corrected chi connectivity index (χ1v) is 9.31. The van der Waals surface area contributed by atoms with E-state index < -0.39 is 17.6 Å². The number of nitrogens with one attached hydrogen (secondary N) is 2. The third-order valence-corrected chi connectivity index (χ3v) is 4.49. The summed E-state index contributed by atoms with van der Waals surface area (Å²) in [7, 11) is 1.73. The summed E-state index contributed by atoms with van der Waals surface area (Å²) in [6, 6.07) is 8.65. The fraction of sp³-hybridized carbons (Fsp3) is 0.0952. The van der Waals surface area contributed by atoms with Crippen LogP contribution in [0.1, 0.15) is 5.56 Å². The zero-order valence-electron chi connectivity index (χ0n) is 16.7. The van der Waals surface area contributed by atoms with Gasteiger partial charge in [0.1, 0.15) is 11.6 Å². The molecule has 0 aliphatic carbocycles. The number of alkyl halides is 3. The Hall–Kier alpha value is -4.15. The molecule has 2 aromatic carbocycles. The number of aromatic nitrogens is 4. The maximum Gasteiger partial charge on any atom is 0.416 e. The summed E-state index contributed by atoms with van der Waals surface area (Å²) in [6.07, 6.45) is 0.0729. The van der Waals surface area contributed by atoms with E-state index in [1.807, 2.05) is 0 Å². The van der Waals surface area contributed by atoms with E-state index in [9.17, 15) is 17.6 Å². The van der Waals surface area contributed by atoms with E-state index in [0.717, 1.165) is 12.1 Å². The number of nitrogens with two attached hydrogens (primary N) is 1. The van der Waals surface area contributed by atoms with Crippen molar-refractivity contribution in [1.29, 1.82) is 0 Å². The highest BCUT2D eigenvalue weighted by Crippen LogP contribution is 2.35. The van der Waals surface area contributed by atoms with Gasteiger partial charge in [-0.25, -0.2) is 9.37 Å².